The lowest BCUT2D eigenvalue weighted by Crippen LogP contribution is -2.25. The standard InChI is InChI=1S/C8H8Cl2N2O2/c1-4(8(13)14)12-7-6(10)2-5(9)3-11-7/h2-4H,1H3,(H,11,12)(H,13,14)/t4-/m1/s1. The Labute approximate surface area is 90.9 Å². The molecule has 0 unspecified atom stereocenters. The molecule has 1 rings (SSSR count). The molecular formula is C8H8Cl2N2O2. The number of rotatable bonds is 3. The van der Waals surface area contributed by atoms with E-state index in [-0.39, 0.29) is 0 Å². The Morgan fingerprint density at radius 1 is 1.64 bits per heavy atom. The van der Waals surface area contributed by atoms with Gasteiger partial charge in [-0.3, -0.25) is 4.79 Å². The summed E-state index contributed by atoms with van der Waals surface area (Å²) in [5.74, 6) is -0.663. The van der Waals surface area contributed by atoms with Crippen molar-refractivity contribution in [2.24, 2.45) is 0 Å². The molecule has 0 radical (unpaired) electrons. The summed E-state index contributed by atoms with van der Waals surface area (Å²) < 4.78 is 0. The highest BCUT2D eigenvalue weighted by atomic mass is 35.5. The van der Waals surface area contributed by atoms with Crippen molar-refractivity contribution >= 4 is 35.0 Å². The number of anilines is 1. The highest BCUT2D eigenvalue weighted by Crippen LogP contribution is 2.22. The van der Waals surface area contributed by atoms with Crippen molar-refractivity contribution in [2.75, 3.05) is 5.32 Å². The van der Waals surface area contributed by atoms with Crippen LogP contribution in [0.2, 0.25) is 10.0 Å². The van der Waals surface area contributed by atoms with E-state index in [9.17, 15) is 4.79 Å². The molecule has 0 saturated carbocycles. The van der Waals surface area contributed by atoms with Crippen molar-refractivity contribution in [3.8, 4) is 0 Å². The van der Waals surface area contributed by atoms with E-state index in [4.69, 9.17) is 28.3 Å². The molecule has 6 heteroatoms. The number of aliphatic carboxylic acids is 1. The van der Waals surface area contributed by atoms with Crippen LogP contribution < -0.4 is 5.32 Å². The lowest BCUT2D eigenvalue weighted by atomic mass is 10.3. The molecule has 0 aliphatic carbocycles. The Balaban J connectivity index is 2.82. The smallest absolute Gasteiger partial charge is 0.325 e. The molecule has 1 aromatic rings. The van der Waals surface area contributed by atoms with Crippen LogP contribution in [0.25, 0.3) is 0 Å². The van der Waals surface area contributed by atoms with Crippen molar-refractivity contribution in [1.82, 2.24) is 4.98 Å². The molecular weight excluding hydrogens is 227 g/mol. The molecule has 1 heterocycles. The van der Waals surface area contributed by atoms with Gasteiger partial charge in [0.15, 0.2) is 0 Å². The van der Waals surface area contributed by atoms with Gasteiger partial charge in [0.25, 0.3) is 0 Å². The summed E-state index contributed by atoms with van der Waals surface area (Å²) >= 11 is 11.4. The van der Waals surface area contributed by atoms with E-state index in [0.29, 0.717) is 15.9 Å². The van der Waals surface area contributed by atoms with Gasteiger partial charge in [-0.1, -0.05) is 23.2 Å². The first-order valence-electron chi connectivity index (χ1n) is 3.81. The van der Waals surface area contributed by atoms with Crippen LogP contribution in [0.4, 0.5) is 5.82 Å². The highest BCUT2D eigenvalue weighted by Gasteiger charge is 2.12. The topological polar surface area (TPSA) is 62.2 Å². The predicted molar refractivity (Wildman–Crippen MR) is 55.0 cm³/mol. The Hall–Kier alpha value is -1.00. The quantitative estimate of drug-likeness (QED) is 0.843. The number of nitrogens with zero attached hydrogens (tertiary/aromatic N) is 1. The van der Waals surface area contributed by atoms with E-state index in [1.54, 1.807) is 0 Å². The molecule has 0 aliphatic heterocycles. The van der Waals surface area contributed by atoms with Gasteiger partial charge in [-0.05, 0) is 13.0 Å². The van der Waals surface area contributed by atoms with E-state index < -0.39 is 12.0 Å². The van der Waals surface area contributed by atoms with Crippen molar-refractivity contribution < 1.29 is 9.90 Å². The monoisotopic (exact) mass is 234 g/mol. The maximum Gasteiger partial charge on any atom is 0.325 e. The number of carboxylic acids is 1. The van der Waals surface area contributed by atoms with Gasteiger partial charge >= 0.3 is 5.97 Å². The SMILES string of the molecule is C[C@@H](Nc1ncc(Cl)cc1Cl)C(=O)O. The first-order valence-corrected chi connectivity index (χ1v) is 4.56. The minimum Gasteiger partial charge on any atom is -0.480 e. The second kappa shape index (κ2) is 4.48. The van der Waals surface area contributed by atoms with Crippen molar-refractivity contribution in [3.63, 3.8) is 0 Å². The lowest BCUT2D eigenvalue weighted by Gasteiger charge is -2.10. The number of carbonyl (C=O) groups is 1. The fourth-order valence-corrected chi connectivity index (χ4v) is 1.22. The largest absolute Gasteiger partial charge is 0.480 e. The van der Waals surface area contributed by atoms with Crippen LogP contribution in [-0.2, 0) is 4.79 Å². The van der Waals surface area contributed by atoms with Gasteiger partial charge in [0.1, 0.15) is 11.9 Å². The molecule has 0 fully saturated rings. The van der Waals surface area contributed by atoms with Gasteiger partial charge < -0.3 is 10.4 Å². The normalized spacial score (nSPS) is 12.2. The van der Waals surface area contributed by atoms with Gasteiger partial charge in [0.05, 0.1) is 10.0 Å². The summed E-state index contributed by atoms with van der Waals surface area (Å²) in [6.45, 7) is 1.49. The molecule has 0 amide bonds. The Kier molecular flexibility index (Phi) is 3.55. The van der Waals surface area contributed by atoms with Crippen LogP contribution in [0.5, 0.6) is 0 Å². The highest BCUT2D eigenvalue weighted by molar-refractivity contribution is 6.36. The van der Waals surface area contributed by atoms with E-state index in [1.165, 1.54) is 19.2 Å². The number of hydrogen-bond acceptors (Lipinski definition) is 3. The van der Waals surface area contributed by atoms with E-state index in [1.807, 2.05) is 0 Å². The third-order valence-corrected chi connectivity index (χ3v) is 2.03. The summed E-state index contributed by atoms with van der Waals surface area (Å²) in [6, 6.07) is 0.744. The van der Waals surface area contributed by atoms with Gasteiger partial charge in [0.2, 0.25) is 0 Å². The minimum atomic E-state index is -0.974. The van der Waals surface area contributed by atoms with Crippen LogP contribution >= 0.6 is 23.2 Å². The number of pyridine rings is 1. The van der Waals surface area contributed by atoms with Gasteiger partial charge in [-0.25, -0.2) is 4.98 Å². The van der Waals surface area contributed by atoms with Gasteiger partial charge in [-0.15, -0.1) is 0 Å². The third kappa shape index (κ3) is 2.75. The maximum atomic E-state index is 10.5. The summed E-state index contributed by atoms with van der Waals surface area (Å²) in [6.07, 6.45) is 1.39. The van der Waals surface area contributed by atoms with E-state index in [0.717, 1.165) is 0 Å². The van der Waals surface area contributed by atoms with Gasteiger partial charge in [-0.2, -0.15) is 0 Å². The van der Waals surface area contributed by atoms with Crippen molar-refractivity contribution in [2.45, 2.75) is 13.0 Å². The molecule has 1 atom stereocenters. The lowest BCUT2D eigenvalue weighted by molar-refractivity contribution is -0.137. The second-order valence-corrected chi connectivity index (χ2v) is 3.53. The predicted octanol–water partition coefficient (Wildman–Crippen LogP) is 2.27. The third-order valence-electron chi connectivity index (χ3n) is 1.53. The Morgan fingerprint density at radius 2 is 2.29 bits per heavy atom. The van der Waals surface area contributed by atoms with Crippen molar-refractivity contribution in [3.05, 3.63) is 22.3 Å². The maximum absolute atomic E-state index is 10.5. The number of carboxylic acid groups (broad SMARTS) is 1. The number of halogens is 2. The fourth-order valence-electron chi connectivity index (χ4n) is 0.788. The zero-order valence-corrected chi connectivity index (χ0v) is 8.80. The van der Waals surface area contributed by atoms with Crippen LogP contribution in [0.1, 0.15) is 6.92 Å². The Morgan fingerprint density at radius 3 is 2.79 bits per heavy atom. The molecule has 76 valence electrons. The van der Waals surface area contributed by atoms with Crippen LogP contribution in [0.3, 0.4) is 0 Å². The van der Waals surface area contributed by atoms with Crippen LogP contribution in [0.15, 0.2) is 12.3 Å². The number of aromatic nitrogens is 1. The average Bonchev–Trinajstić information content (AvgIpc) is 2.09. The molecule has 0 saturated heterocycles. The molecule has 0 aromatic carbocycles. The molecule has 1 aromatic heterocycles. The zero-order valence-electron chi connectivity index (χ0n) is 7.29. The summed E-state index contributed by atoms with van der Waals surface area (Å²) in [4.78, 5) is 14.4. The van der Waals surface area contributed by atoms with Crippen LogP contribution in [-0.4, -0.2) is 22.1 Å². The molecule has 0 spiro atoms. The summed E-state index contributed by atoms with van der Waals surface area (Å²) in [5.41, 5.74) is 0. The first-order chi connectivity index (χ1) is 6.50. The average molecular weight is 235 g/mol. The summed E-state index contributed by atoms with van der Waals surface area (Å²) in [5, 5.41) is 12.0. The van der Waals surface area contributed by atoms with Gasteiger partial charge in [0, 0.05) is 6.20 Å². The number of hydrogen-bond donors (Lipinski definition) is 2. The summed E-state index contributed by atoms with van der Waals surface area (Å²) in [7, 11) is 0. The second-order valence-electron chi connectivity index (χ2n) is 2.69. The molecule has 14 heavy (non-hydrogen) atoms. The molecule has 0 bridgehead atoms. The molecule has 0 aliphatic rings. The van der Waals surface area contributed by atoms with E-state index in [2.05, 4.69) is 10.3 Å². The fraction of sp³-hybridized carbons (Fsp3) is 0.250. The number of nitrogens with one attached hydrogen (secondary N) is 1. The van der Waals surface area contributed by atoms with Crippen molar-refractivity contribution in [1.29, 1.82) is 0 Å². The minimum absolute atomic E-state index is 0.297. The molecule has 2 N–H and O–H groups in total. The molecule has 4 nitrogen and oxygen atoms in total. The first kappa shape index (κ1) is 11.1. The zero-order chi connectivity index (χ0) is 10.7. The van der Waals surface area contributed by atoms with E-state index >= 15 is 0 Å². The Bertz CT molecular complexity index is 357. The van der Waals surface area contributed by atoms with Crippen LogP contribution in [0, 0.1) is 0 Å².